The van der Waals surface area contributed by atoms with Gasteiger partial charge in [0, 0.05) is 11.6 Å². The molecule has 200 valence electrons. The molecule has 0 bridgehead atoms. The Hall–Kier alpha value is -2.88. The summed E-state index contributed by atoms with van der Waals surface area (Å²) in [5, 5.41) is 16.8. The first-order chi connectivity index (χ1) is 17.5. The SMILES string of the molecule is CCCC[C@H](NC(=O)O[C@H](Cn1cnc2cc(Cl)c(Cl)cc21)C(C)(C)C)C(O)C(=O)Nc1ccccn1. The molecule has 37 heavy (non-hydrogen) atoms. The van der Waals surface area contributed by atoms with Crippen molar-refractivity contribution in [1.82, 2.24) is 19.9 Å². The number of pyridine rings is 1. The van der Waals surface area contributed by atoms with Gasteiger partial charge in [-0.2, -0.15) is 0 Å². The lowest BCUT2D eigenvalue weighted by Gasteiger charge is -2.32. The van der Waals surface area contributed by atoms with Gasteiger partial charge in [-0.3, -0.25) is 4.79 Å². The van der Waals surface area contributed by atoms with Gasteiger partial charge < -0.3 is 25.0 Å². The Morgan fingerprint density at radius 2 is 1.89 bits per heavy atom. The van der Waals surface area contributed by atoms with E-state index in [9.17, 15) is 14.7 Å². The largest absolute Gasteiger partial charge is 0.444 e. The molecule has 0 saturated heterocycles. The number of nitrogens with one attached hydrogen (secondary N) is 2. The number of imidazole rings is 1. The number of fused-ring (bicyclic) bond motifs is 1. The van der Waals surface area contributed by atoms with Gasteiger partial charge >= 0.3 is 6.09 Å². The monoisotopic (exact) mass is 549 g/mol. The predicted molar refractivity (Wildman–Crippen MR) is 145 cm³/mol. The maximum atomic E-state index is 13.0. The summed E-state index contributed by atoms with van der Waals surface area (Å²) in [4.78, 5) is 34.1. The number of hydrogen-bond acceptors (Lipinski definition) is 6. The van der Waals surface area contributed by atoms with Crippen LogP contribution in [-0.4, -0.2) is 49.9 Å². The van der Waals surface area contributed by atoms with E-state index in [1.165, 1.54) is 6.20 Å². The third-order valence-corrected chi connectivity index (χ3v) is 6.70. The first kappa shape index (κ1) is 28.7. The van der Waals surface area contributed by atoms with Gasteiger partial charge in [0.05, 0.1) is 40.0 Å². The lowest BCUT2D eigenvalue weighted by Crippen LogP contribution is -2.50. The summed E-state index contributed by atoms with van der Waals surface area (Å²) in [6, 6.07) is 7.62. The average Bonchev–Trinajstić information content (AvgIpc) is 3.22. The third-order valence-electron chi connectivity index (χ3n) is 5.98. The van der Waals surface area contributed by atoms with E-state index in [-0.39, 0.29) is 0 Å². The molecule has 1 unspecified atom stereocenters. The topological polar surface area (TPSA) is 118 Å². The number of rotatable bonds is 10. The molecule has 0 saturated carbocycles. The second-order valence-corrected chi connectivity index (χ2v) is 10.8. The number of halogens is 2. The Morgan fingerprint density at radius 3 is 2.54 bits per heavy atom. The van der Waals surface area contributed by atoms with Gasteiger partial charge in [-0.25, -0.2) is 14.8 Å². The molecule has 2 aromatic heterocycles. The van der Waals surface area contributed by atoms with Gasteiger partial charge in [-0.1, -0.05) is 69.8 Å². The van der Waals surface area contributed by atoms with Crippen LogP contribution >= 0.6 is 23.2 Å². The summed E-state index contributed by atoms with van der Waals surface area (Å²) < 4.78 is 7.69. The number of unbranched alkanes of at least 4 members (excludes halogenated alkanes) is 1. The molecule has 0 aliphatic rings. The zero-order chi connectivity index (χ0) is 27.2. The summed E-state index contributed by atoms with van der Waals surface area (Å²) in [6.07, 6.45) is 2.32. The van der Waals surface area contributed by atoms with Crippen LogP contribution in [0.25, 0.3) is 11.0 Å². The minimum atomic E-state index is -1.49. The molecular weight excluding hydrogens is 517 g/mol. The third kappa shape index (κ3) is 7.80. The summed E-state index contributed by atoms with van der Waals surface area (Å²) >= 11 is 12.3. The lowest BCUT2D eigenvalue weighted by molar-refractivity contribution is -0.125. The number of benzene rings is 1. The number of nitrogens with zero attached hydrogens (tertiary/aromatic N) is 3. The van der Waals surface area contributed by atoms with Crippen LogP contribution in [0.5, 0.6) is 0 Å². The fraction of sp³-hybridized carbons (Fsp3) is 0.462. The maximum absolute atomic E-state index is 13.0. The van der Waals surface area contributed by atoms with E-state index in [0.29, 0.717) is 40.8 Å². The Kier molecular flexibility index (Phi) is 9.75. The van der Waals surface area contributed by atoms with Crippen molar-refractivity contribution < 1.29 is 19.4 Å². The average molecular weight is 550 g/mol. The van der Waals surface area contributed by atoms with Gasteiger partial charge in [0.25, 0.3) is 5.91 Å². The van der Waals surface area contributed by atoms with Crippen molar-refractivity contribution in [2.24, 2.45) is 5.41 Å². The lowest BCUT2D eigenvalue weighted by atomic mass is 9.89. The maximum Gasteiger partial charge on any atom is 0.407 e. The Balaban J connectivity index is 1.72. The second kappa shape index (κ2) is 12.6. The number of carbonyl (C=O) groups is 2. The van der Waals surface area contributed by atoms with Gasteiger partial charge in [0.2, 0.25) is 0 Å². The minimum absolute atomic E-state index is 0.310. The van der Waals surface area contributed by atoms with Crippen molar-refractivity contribution in [2.45, 2.75) is 71.8 Å². The first-order valence-electron chi connectivity index (χ1n) is 12.2. The molecule has 0 aliphatic heterocycles. The van der Waals surface area contributed by atoms with Crippen LogP contribution in [0.4, 0.5) is 10.6 Å². The number of anilines is 1. The van der Waals surface area contributed by atoms with Crippen molar-refractivity contribution in [3.8, 4) is 0 Å². The van der Waals surface area contributed by atoms with E-state index >= 15 is 0 Å². The molecule has 1 aromatic carbocycles. The highest BCUT2D eigenvalue weighted by Gasteiger charge is 2.32. The molecule has 0 radical (unpaired) electrons. The van der Waals surface area contributed by atoms with E-state index in [4.69, 9.17) is 27.9 Å². The molecule has 2 heterocycles. The van der Waals surface area contributed by atoms with Crippen molar-refractivity contribution in [1.29, 1.82) is 0 Å². The molecule has 3 aromatic rings. The number of amides is 2. The molecule has 11 heteroatoms. The van der Waals surface area contributed by atoms with Crippen molar-refractivity contribution >= 4 is 52.1 Å². The van der Waals surface area contributed by atoms with Gasteiger partial charge in [0.15, 0.2) is 6.10 Å². The molecule has 3 N–H and O–H groups in total. The minimum Gasteiger partial charge on any atom is -0.444 e. The highest BCUT2D eigenvalue weighted by atomic mass is 35.5. The molecule has 2 amide bonds. The van der Waals surface area contributed by atoms with Crippen LogP contribution in [0, 0.1) is 5.41 Å². The summed E-state index contributed by atoms with van der Waals surface area (Å²) in [6.45, 7) is 8.17. The number of aliphatic hydroxyl groups is 1. The number of aliphatic hydroxyl groups excluding tert-OH is 1. The standard InChI is InChI=1S/C26H33Cl2N5O4/c1-5-6-9-18(23(34)24(35)32-22-10-7-8-11-29-22)31-25(36)37-21(26(2,3)4)14-33-15-30-19-12-16(27)17(28)13-20(19)33/h7-8,10-13,15,18,21,23,34H,5-6,9,14H2,1-4H3,(H,31,36)(H,29,32,35)/t18-,21+,23?/m0/s1. The van der Waals surface area contributed by atoms with Crippen LogP contribution in [-0.2, 0) is 16.1 Å². The fourth-order valence-corrected chi connectivity index (χ4v) is 4.05. The Bertz CT molecular complexity index is 1210. The zero-order valence-electron chi connectivity index (χ0n) is 21.4. The van der Waals surface area contributed by atoms with Crippen molar-refractivity contribution in [3.05, 3.63) is 52.9 Å². The van der Waals surface area contributed by atoms with Crippen molar-refractivity contribution in [3.63, 3.8) is 0 Å². The van der Waals surface area contributed by atoms with Crippen LogP contribution in [0.3, 0.4) is 0 Å². The first-order valence-corrected chi connectivity index (χ1v) is 12.9. The molecule has 0 fully saturated rings. The predicted octanol–water partition coefficient (Wildman–Crippen LogP) is 5.44. The van der Waals surface area contributed by atoms with Crippen LogP contribution in [0.2, 0.25) is 10.0 Å². The number of aromatic nitrogens is 3. The smallest absolute Gasteiger partial charge is 0.407 e. The van der Waals surface area contributed by atoms with E-state index in [1.807, 2.05) is 32.3 Å². The highest BCUT2D eigenvalue weighted by molar-refractivity contribution is 6.42. The number of hydrogen-bond donors (Lipinski definition) is 3. The van der Waals surface area contributed by atoms with E-state index in [2.05, 4.69) is 20.6 Å². The Morgan fingerprint density at radius 1 is 1.16 bits per heavy atom. The van der Waals surface area contributed by atoms with Gasteiger partial charge in [-0.05, 0) is 30.7 Å². The molecule has 0 spiro atoms. The highest BCUT2D eigenvalue weighted by Crippen LogP contribution is 2.29. The Labute approximate surface area is 226 Å². The fourth-order valence-electron chi connectivity index (χ4n) is 3.73. The van der Waals surface area contributed by atoms with Crippen LogP contribution in [0.15, 0.2) is 42.9 Å². The molecular formula is C26H33Cl2N5O4. The van der Waals surface area contributed by atoms with Crippen LogP contribution in [0.1, 0.15) is 47.0 Å². The second-order valence-electron chi connectivity index (χ2n) is 9.95. The normalized spacial score (nSPS) is 14.1. The molecule has 9 nitrogen and oxygen atoms in total. The number of alkyl carbamates (subject to hydrolysis) is 1. The van der Waals surface area contributed by atoms with E-state index in [1.54, 1.807) is 36.7 Å². The summed E-state index contributed by atoms with van der Waals surface area (Å²) in [7, 11) is 0. The summed E-state index contributed by atoms with van der Waals surface area (Å²) in [5.74, 6) is -0.349. The summed E-state index contributed by atoms with van der Waals surface area (Å²) in [5.41, 5.74) is 1.00. The van der Waals surface area contributed by atoms with Gasteiger partial charge in [-0.15, -0.1) is 0 Å². The zero-order valence-corrected chi connectivity index (χ0v) is 22.9. The molecule has 0 aliphatic carbocycles. The van der Waals surface area contributed by atoms with E-state index in [0.717, 1.165) is 11.9 Å². The van der Waals surface area contributed by atoms with Crippen LogP contribution < -0.4 is 10.6 Å². The molecule has 3 atom stereocenters. The number of carbonyl (C=O) groups excluding carboxylic acids is 2. The quantitative estimate of drug-likeness (QED) is 0.310. The van der Waals surface area contributed by atoms with E-state index < -0.39 is 35.7 Å². The van der Waals surface area contributed by atoms with Crippen molar-refractivity contribution in [2.75, 3.05) is 5.32 Å². The molecule has 3 rings (SSSR count). The van der Waals surface area contributed by atoms with Gasteiger partial charge in [0.1, 0.15) is 11.9 Å². The number of ether oxygens (including phenoxy) is 1.